The normalized spacial score (nSPS) is 15.7. The average molecular weight is 478 g/mol. The number of rotatable bonds is 11. The number of carbonyl (C=O) groups excluding carboxylic acids is 3. The Balaban J connectivity index is 2.01. The van der Waals surface area contributed by atoms with Crippen LogP contribution >= 0.6 is 12.2 Å². The van der Waals surface area contributed by atoms with Crippen molar-refractivity contribution in [2.24, 2.45) is 5.92 Å². The minimum Gasteiger partial charge on any atom is -0.493 e. The number of piperazine rings is 1. The number of benzene rings is 1. The zero-order valence-electron chi connectivity index (χ0n) is 19.7. The summed E-state index contributed by atoms with van der Waals surface area (Å²) in [5, 5.41) is 5.53. The van der Waals surface area contributed by atoms with Crippen molar-refractivity contribution in [2.75, 3.05) is 26.3 Å². The van der Waals surface area contributed by atoms with Gasteiger partial charge in [-0.25, -0.2) is 0 Å². The molecular formula is C24H35N3O5S. The third-order valence-corrected chi connectivity index (χ3v) is 5.60. The van der Waals surface area contributed by atoms with Crippen molar-refractivity contribution < 1.29 is 23.9 Å². The van der Waals surface area contributed by atoms with E-state index in [2.05, 4.69) is 17.6 Å². The highest BCUT2D eigenvalue weighted by Gasteiger charge is 2.34. The Morgan fingerprint density at radius 1 is 1.24 bits per heavy atom. The number of para-hydroxylation sites is 1. The topological polar surface area (TPSA) is 97.0 Å². The van der Waals surface area contributed by atoms with Gasteiger partial charge in [-0.3, -0.25) is 19.7 Å². The van der Waals surface area contributed by atoms with Gasteiger partial charge in [0.25, 0.3) is 5.91 Å². The van der Waals surface area contributed by atoms with E-state index in [1.165, 1.54) is 0 Å². The number of carbonyl (C=O) groups is 3. The molecule has 8 nitrogen and oxygen atoms in total. The fraction of sp³-hybridized carbons (Fsp3) is 0.583. The monoisotopic (exact) mass is 477 g/mol. The molecule has 1 aromatic rings. The van der Waals surface area contributed by atoms with E-state index in [-0.39, 0.29) is 17.4 Å². The number of esters is 1. The van der Waals surface area contributed by atoms with Crippen LogP contribution in [-0.4, -0.2) is 60.1 Å². The molecule has 9 heteroatoms. The molecule has 0 aliphatic carbocycles. The zero-order valence-corrected chi connectivity index (χ0v) is 20.5. The van der Waals surface area contributed by atoms with E-state index in [1.807, 2.05) is 13.8 Å². The van der Waals surface area contributed by atoms with Crippen molar-refractivity contribution in [2.45, 2.75) is 58.9 Å². The summed E-state index contributed by atoms with van der Waals surface area (Å²) in [6.45, 7) is 7.77. The van der Waals surface area contributed by atoms with Crippen LogP contribution in [-0.2, 0) is 14.3 Å². The molecule has 0 saturated carbocycles. The summed E-state index contributed by atoms with van der Waals surface area (Å²) < 4.78 is 11.0. The fourth-order valence-corrected chi connectivity index (χ4v) is 3.65. The van der Waals surface area contributed by atoms with E-state index in [1.54, 1.807) is 29.2 Å². The van der Waals surface area contributed by atoms with Crippen LogP contribution in [0, 0.1) is 5.92 Å². The van der Waals surface area contributed by atoms with Crippen molar-refractivity contribution in [3.8, 4) is 5.75 Å². The van der Waals surface area contributed by atoms with Gasteiger partial charge in [0, 0.05) is 13.1 Å². The highest BCUT2D eigenvalue weighted by molar-refractivity contribution is 7.80. The molecule has 1 aliphatic rings. The van der Waals surface area contributed by atoms with E-state index in [4.69, 9.17) is 21.7 Å². The first-order chi connectivity index (χ1) is 15.8. The van der Waals surface area contributed by atoms with Crippen molar-refractivity contribution in [3.05, 3.63) is 29.8 Å². The molecule has 0 bridgehead atoms. The number of amides is 2. The molecule has 33 heavy (non-hydrogen) atoms. The van der Waals surface area contributed by atoms with Crippen LogP contribution in [0.4, 0.5) is 0 Å². The molecule has 0 radical (unpaired) electrons. The third kappa shape index (κ3) is 8.64. The number of thiocarbonyl (C=S) groups is 1. The van der Waals surface area contributed by atoms with Crippen LogP contribution in [0.2, 0.25) is 0 Å². The van der Waals surface area contributed by atoms with Gasteiger partial charge in [0.1, 0.15) is 11.8 Å². The molecule has 1 atom stereocenters. The molecule has 2 N–H and O–H groups in total. The van der Waals surface area contributed by atoms with Crippen LogP contribution in [0.15, 0.2) is 24.3 Å². The van der Waals surface area contributed by atoms with Crippen LogP contribution < -0.4 is 15.4 Å². The lowest BCUT2D eigenvalue weighted by Crippen LogP contribution is -2.60. The summed E-state index contributed by atoms with van der Waals surface area (Å²) in [7, 11) is 0. The molecule has 2 rings (SSSR count). The van der Waals surface area contributed by atoms with Crippen molar-refractivity contribution in [1.29, 1.82) is 0 Å². The van der Waals surface area contributed by atoms with E-state index in [0.29, 0.717) is 43.5 Å². The number of nitrogens with zero attached hydrogens (tertiary/aromatic N) is 1. The lowest BCUT2D eigenvalue weighted by atomic mass is 10.1. The second kappa shape index (κ2) is 13.8. The maximum absolute atomic E-state index is 12.9. The van der Waals surface area contributed by atoms with Crippen LogP contribution in [0.1, 0.15) is 63.2 Å². The minimum atomic E-state index is -0.835. The molecule has 1 fully saturated rings. The lowest BCUT2D eigenvalue weighted by Gasteiger charge is -2.36. The first-order valence-corrected chi connectivity index (χ1v) is 12.0. The number of ether oxygens (including phenoxy) is 2. The van der Waals surface area contributed by atoms with Gasteiger partial charge in [-0.05, 0) is 43.1 Å². The predicted octanol–water partition coefficient (Wildman–Crippen LogP) is 3.05. The van der Waals surface area contributed by atoms with Gasteiger partial charge < -0.3 is 19.7 Å². The van der Waals surface area contributed by atoms with Gasteiger partial charge in [-0.2, -0.15) is 0 Å². The summed E-state index contributed by atoms with van der Waals surface area (Å²) >= 11 is 5.44. The van der Waals surface area contributed by atoms with E-state index in [9.17, 15) is 14.4 Å². The van der Waals surface area contributed by atoms with Crippen LogP contribution in [0.3, 0.4) is 0 Å². The van der Waals surface area contributed by atoms with Gasteiger partial charge >= 0.3 is 5.97 Å². The number of nitrogens with one attached hydrogen (secondary N) is 2. The molecule has 1 aromatic carbocycles. The summed E-state index contributed by atoms with van der Waals surface area (Å²) in [5.74, 6) is -0.319. The maximum atomic E-state index is 12.9. The Labute approximate surface area is 201 Å². The van der Waals surface area contributed by atoms with Crippen molar-refractivity contribution >= 4 is 35.1 Å². The first kappa shape index (κ1) is 26.6. The van der Waals surface area contributed by atoms with E-state index in [0.717, 1.165) is 25.7 Å². The number of unbranched alkanes of at least 4 members (excludes halogenated alkanes) is 2. The Kier molecular flexibility index (Phi) is 11.1. The van der Waals surface area contributed by atoms with Crippen LogP contribution in [0.5, 0.6) is 5.75 Å². The van der Waals surface area contributed by atoms with Gasteiger partial charge in [0.05, 0.1) is 25.2 Å². The highest BCUT2D eigenvalue weighted by Crippen LogP contribution is 2.19. The molecule has 1 saturated heterocycles. The Morgan fingerprint density at radius 2 is 2.00 bits per heavy atom. The summed E-state index contributed by atoms with van der Waals surface area (Å²) in [4.78, 5) is 39.2. The largest absolute Gasteiger partial charge is 0.493 e. The fourth-order valence-electron chi connectivity index (χ4n) is 3.34. The molecule has 0 aromatic heterocycles. The lowest BCUT2D eigenvalue weighted by molar-refractivity contribution is -0.147. The first-order valence-electron chi connectivity index (χ1n) is 11.6. The van der Waals surface area contributed by atoms with Crippen molar-refractivity contribution in [3.63, 3.8) is 0 Å². The van der Waals surface area contributed by atoms with Gasteiger partial charge in [-0.1, -0.05) is 45.7 Å². The summed E-state index contributed by atoms with van der Waals surface area (Å²) in [6.07, 6.45) is 3.65. The minimum absolute atomic E-state index is 0.0932. The summed E-state index contributed by atoms with van der Waals surface area (Å²) in [6, 6.07) is 6.13. The molecule has 1 heterocycles. The number of hydrogen-bond donors (Lipinski definition) is 2. The van der Waals surface area contributed by atoms with Crippen LogP contribution in [0.25, 0.3) is 0 Å². The quantitative estimate of drug-likeness (QED) is 0.287. The Morgan fingerprint density at radius 3 is 2.73 bits per heavy atom. The zero-order chi connectivity index (χ0) is 24.2. The highest BCUT2D eigenvalue weighted by atomic mass is 32.1. The van der Waals surface area contributed by atoms with E-state index < -0.39 is 17.9 Å². The third-order valence-electron chi connectivity index (χ3n) is 5.27. The molecule has 2 amide bonds. The van der Waals surface area contributed by atoms with Gasteiger partial charge in [0.2, 0.25) is 5.91 Å². The summed E-state index contributed by atoms with van der Waals surface area (Å²) in [5.41, 5.74) is 0.363. The molecule has 0 spiro atoms. The maximum Gasteiger partial charge on any atom is 0.308 e. The van der Waals surface area contributed by atoms with Gasteiger partial charge in [0.15, 0.2) is 5.11 Å². The Bertz CT molecular complexity index is 830. The standard InChI is InChI=1S/C24H35N3O5S/c1-4-5-8-14-31-20-10-7-6-9-18(20)22(29)26-24(33)27-13-12-25-23(30)19(27)16-21(28)32-15-11-17(2)3/h6-7,9-10,17,19H,4-5,8,11-16H2,1-3H3,(H,25,30)(H,26,29,33). The smallest absolute Gasteiger partial charge is 0.308 e. The molecule has 1 unspecified atom stereocenters. The number of hydrogen-bond acceptors (Lipinski definition) is 6. The Hall–Kier alpha value is -2.68. The van der Waals surface area contributed by atoms with Crippen molar-refractivity contribution in [1.82, 2.24) is 15.5 Å². The molecule has 1 aliphatic heterocycles. The van der Waals surface area contributed by atoms with Gasteiger partial charge in [-0.15, -0.1) is 0 Å². The second-order valence-corrected chi connectivity index (χ2v) is 8.81. The predicted molar refractivity (Wildman–Crippen MR) is 130 cm³/mol. The molecular weight excluding hydrogens is 442 g/mol. The second-order valence-electron chi connectivity index (χ2n) is 8.42. The SMILES string of the molecule is CCCCCOc1ccccc1C(=O)NC(=S)N1CCNC(=O)C1CC(=O)OCCC(C)C. The average Bonchev–Trinajstić information content (AvgIpc) is 2.78. The van der Waals surface area contributed by atoms with E-state index >= 15 is 0 Å². The molecule has 182 valence electrons.